The summed E-state index contributed by atoms with van der Waals surface area (Å²) < 4.78 is 10.9. The van der Waals surface area contributed by atoms with Gasteiger partial charge in [0.1, 0.15) is 5.75 Å². The van der Waals surface area contributed by atoms with Gasteiger partial charge >= 0.3 is 0 Å². The van der Waals surface area contributed by atoms with Crippen LogP contribution in [0.4, 0.5) is 0 Å². The molecule has 1 fully saturated rings. The fraction of sp³-hybridized carbons (Fsp3) is 0.833. The third-order valence-electron chi connectivity index (χ3n) is 1.63. The van der Waals surface area contributed by atoms with Crippen LogP contribution in [-0.2, 0) is 15.6 Å². The Bertz CT molecular complexity index is 183. The molecule has 0 saturated carbocycles. The topological polar surface area (TPSA) is 63.4 Å². The maximum absolute atomic E-state index is 11.1. The smallest absolute Gasteiger partial charge is 0.235 e. The number of rotatable bonds is 2. The van der Waals surface area contributed by atoms with Crippen LogP contribution >= 0.6 is 0 Å². The molecule has 1 rings (SSSR count). The number of nitrogens with two attached hydrogens (primary N) is 1. The van der Waals surface area contributed by atoms with E-state index in [-0.39, 0.29) is 11.7 Å². The molecule has 0 aliphatic carbocycles. The highest BCUT2D eigenvalue weighted by atomic mass is 32.2. The minimum absolute atomic E-state index is 0.0277. The predicted molar refractivity (Wildman–Crippen MR) is 43.5 cm³/mol. The molecular formula is C6H12N2O2S. The van der Waals surface area contributed by atoms with Crippen molar-refractivity contribution in [1.82, 2.24) is 4.90 Å². The van der Waals surface area contributed by atoms with E-state index in [2.05, 4.69) is 0 Å². The lowest BCUT2D eigenvalue weighted by molar-refractivity contribution is -0.128. The highest BCUT2D eigenvalue weighted by Gasteiger charge is 2.21. The van der Waals surface area contributed by atoms with E-state index in [0.717, 1.165) is 0 Å². The summed E-state index contributed by atoms with van der Waals surface area (Å²) in [6.07, 6.45) is 0. The quantitative estimate of drug-likeness (QED) is 0.559. The molecule has 1 aliphatic rings. The summed E-state index contributed by atoms with van der Waals surface area (Å²) in [7, 11) is -0.927. The van der Waals surface area contributed by atoms with E-state index in [1.807, 2.05) is 0 Å². The third kappa shape index (κ3) is 2.27. The molecule has 2 N–H and O–H groups in total. The van der Waals surface area contributed by atoms with Crippen molar-refractivity contribution in [2.24, 2.45) is 5.73 Å². The Morgan fingerprint density at radius 3 is 2.91 bits per heavy atom. The Morgan fingerprint density at radius 2 is 2.36 bits per heavy atom. The lowest BCUT2D eigenvalue weighted by Gasteiger charge is -2.25. The largest absolute Gasteiger partial charge is 0.340 e. The number of carbonyl (C=O) groups is 1. The molecule has 1 saturated heterocycles. The Hall–Kier alpha value is -0.420. The van der Waals surface area contributed by atoms with Crippen LogP contribution in [0.25, 0.3) is 0 Å². The zero-order chi connectivity index (χ0) is 8.27. The number of hydrogen-bond acceptors (Lipinski definition) is 3. The zero-order valence-corrected chi connectivity index (χ0v) is 7.10. The summed E-state index contributed by atoms with van der Waals surface area (Å²) >= 11 is 0. The second kappa shape index (κ2) is 3.82. The van der Waals surface area contributed by atoms with Gasteiger partial charge in [-0.25, -0.2) is 0 Å². The van der Waals surface area contributed by atoms with Gasteiger partial charge in [0, 0.05) is 36.2 Å². The van der Waals surface area contributed by atoms with E-state index >= 15 is 0 Å². The molecule has 4 nitrogen and oxygen atoms in total. The fourth-order valence-corrected chi connectivity index (χ4v) is 2.06. The van der Waals surface area contributed by atoms with Gasteiger partial charge in [0.05, 0.1) is 0 Å². The molecule has 0 aromatic carbocycles. The molecule has 0 aromatic heterocycles. The van der Waals surface area contributed by atoms with Crippen molar-refractivity contribution >= 4 is 16.7 Å². The highest BCUT2D eigenvalue weighted by Crippen LogP contribution is 2.00. The van der Waals surface area contributed by atoms with Crippen molar-refractivity contribution < 1.29 is 9.00 Å². The van der Waals surface area contributed by atoms with Crippen LogP contribution in [0.3, 0.4) is 0 Å². The third-order valence-corrected chi connectivity index (χ3v) is 2.83. The summed E-state index contributed by atoms with van der Waals surface area (Å²) in [6, 6.07) is 0. The van der Waals surface area contributed by atoms with E-state index in [9.17, 15) is 9.00 Å². The molecule has 0 spiro atoms. The van der Waals surface area contributed by atoms with Crippen molar-refractivity contribution in [2.45, 2.75) is 0 Å². The number of amides is 1. The number of hydrogen-bond donors (Lipinski definition) is 1. The maximum atomic E-state index is 11.1. The molecule has 5 heteroatoms. The fourth-order valence-electron chi connectivity index (χ4n) is 1.03. The normalized spacial score (nSPS) is 25.7. The van der Waals surface area contributed by atoms with Gasteiger partial charge in [0.2, 0.25) is 5.91 Å². The van der Waals surface area contributed by atoms with Crippen molar-refractivity contribution in [2.75, 3.05) is 31.1 Å². The first kappa shape index (κ1) is 8.67. The van der Waals surface area contributed by atoms with Gasteiger partial charge in [0.15, 0.2) is 0 Å². The Labute approximate surface area is 68.2 Å². The molecule has 1 unspecified atom stereocenters. The molecule has 0 bridgehead atoms. The van der Waals surface area contributed by atoms with E-state index in [4.69, 9.17) is 5.73 Å². The zero-order valence-electron chi connectivity index (χ0n) is 6.28. The highest BCUT2D eigenvalue weighted by molar-refractivity contribution is 7.85. The van der Waals surface area contributed by atoms with Crippen LogP contribution in [0.15, 0.2) is 0 Å². The van der Waals surface area contributed by atoms with Crippen molar-refractivity contribution in [3.8, 4) is 0 Å². The molecule has 1 atom stereocenters. The SMILES string of the molecule is NCCN1CCS(=O)CC1=O. The second-order valence-corrected chi connectivity index (χ2v) is 4.03. The van der Waals surface area contributed by atoms with Crippen molar-refractivity contribution in [3.05, 3.63) is 0 Å². The molecule has 0 aromatic rings. The van der Waals surface area contributed by atoms with E-state index in [1.165, 1.54) is 0 Å². The maximum Gasteiger partial charge on any atom is 0.235 e. The first-order valence-corrected chi connectivity index (χ1v) is 5.05. The van der Waals surface area contributed by atoms with Crippen molar-refractivity contribution in [1.29, 1.82) is 0 Å². The first-order valence-electron chi connectivity index (χ1n) is 3.57. The average Bonchev–Trinajstić information content (AvgIpc) is 1.95. The average molecular weight is 176 g/mol. The van der Waals surface area contributed by atoms with Crippen LogP contribution in [0.2, 0.25) is 0 Å². The standard InChI is InChI=1S/C6H12N2O2S/c7-1-2-8-3-4-11(10)5-6(8)9/h1-5,7H2. The summed E-state index contributed by atoms with van der Waals surface area (Å²) in [6.45, 7) is 1.68. The Morgan fingerprint density at radius 1 is 1.64 bits per heavy atom. The van der Waals surface area contributed by atoms with Crippen LogP contribution < -0.4 is 5.73 Å². The Balaban J connectivity index is 2.44. The van der Waals surface area contributed by atoms with Gasteiger partial charge < -0.3 is 10.6 Å². The van der Waals surface area contributed by atoms with Gasteiger partial charge in [-0.1, -0.05) is 0 Å². The minimum Gasteiger partial charge on any atom is -0.340 e. The van der Waals surface area contributed by atoms with E-state index in [1.54, 1.807) is 4.90 Å². The molecule has 1 heterocycles. The summed E-state index contributed by atoms with van der Waals surface area (Å²) in [5, 5.41) is 0. The Kier molecular flexibility index (Phi) is 3.02. The van der Waals surface area contributed by atoms with E-state index in [0.29, 0.717) is 25.4 Å². The molecule has 11 heavy (non-hydrogen) atoms. The molecule has 0 radical (unpaired) electrons. The molecule has 1 aliphatic heterocycles. The summed E-state index contributed by atoms with van der Waals surface area (Å²) in [4.78, 5) is 12.7. The monoisotopic (exact) mass is 176 g/mol. The van der Waals surface area contributed by atoms with Gasteiger partial charge in [-0.05, 0) is 0 Å². The lowest BCUT2D eigenvalue weighted by atomic mass is 10.4. The van der Waals surface area contributed by atoms with Gasteiger partial charge in [0.25, 0.3) is 0 Å². The van der Waals surface area contributed by atoms with E-state index < -0.39 is 10.8 Å². The molecule has 1 amide bonds. The number of nitrogens with zero attached hydrogens (tertiary/aromatic N) is 1. The van der Waals surface area contributed by atoms with Gasteiger partial charge in [-0.15, -0.1) is 0 Å². The summed E-state index contributed by atoms with van der Waals surface area (Å²) in [5.74, 6) is 0.756. The number of carbonyl (C=O) groups excluding carboxylic acids is 1. The minimum atomic E-state index is -0.927. The van der Waals surface area contributed by atoms with Gasteiger partial charge in [-0.3, -0.25) is 9.00 Å². The molecule has 64 valence electrons. The first-order chi connectivity index (χ1) is 5.24. The second-order valence-electron chi connectivity index (χ2n) is 2.46. The van der Waals surface area contributed by atoms with Crippen LogP contribution in [-0.4, -0.2) is 46.2 Å². The van der Waals surface area contributed by atoms with Crippen LogP contribution in [0.1, 0.15) is 0 Å². The van der Waals surface area contributed by atoms with Crippen LogP contribution in [0.5, 0.6) is 0 Å². The van der Waals surface area contributed by atoms with Crippen LogP contribution in [0, 0.1) is 0 Å². The van der Waals surface area contributed by atoms with Gasteiger partial charge in [-0.2, -0.15) is 0 Å². The molecular weight excluding hydrogens is 164 g/mol. The van der Waals surface area contributed by atoms with Crippen molar-refractivity contribution in [3.63, 3.8) is 0 Å². The summed E-state index contributed by atoms with van der Waals surface area (Å²) in [5.41, 5.74) is 5.29. The predicted octanol–water partition coefficient (Wildman–Crippen LogP) is -1.46. The lowest BCUT2D eigenvalue weighted by Crippen LogP contribution is -2.44.